The Balaban J connectivity index is 1.85. The van der Waals surface area contributed by atoms with Gasteiger partial charge >= 0.3 is 0 Å². The lowest BCUT2D eigenvalue weighted by molar-refractivity contribution is 0.699. The van der Waals surface area contributed by atoms with Crippen LogP contribution in [0.5, 0.6) is 0 Å². The van der Waals surface area contributed by atoms with Crippen molar-refractivity contribution < 1.29 is 0 Å². The zero-order valence-corrected chi connectivity index (χ0v) is 13.6. The Morgan fingerprint density at radius 3 is 2.86 bits per heavy atom. The van der Waals surface area contributed by atoms with Crippen LogP contribution < -0.4 is 0 Å². The van der Waals surface area contributed by atoms with Gasteiger partial charge in [-0.25, -0.2) is 9.97 Å². The molecule has 0 aromatic carbocycles. The highest BCUT2D eigenvalue weighted by Crippen LogP contribution is 2.40. The maximum atomic E-state index is 4.51. The van der Waals surface area contributed by atoms with Gasteiger partial charge in [0.25, 0.3) is 0 Å². The van der Waals surface area contributed by atoms with E-state index < -0.39 is 0 Å². The van der Waals surface area contributed by atoms with Crippen LogP contribution in [-0.2, 0) is 19.9 Å². The van der Waals surface area contributed by atoms with Crippen LogP contribution in [0.15, 0.2) is 16.5 Å². The molecule has 0 saturated carbocycles. The van der Waals surface area contributed by atoms with Crippen molar-refractivity contribution in [3.63, 3.8) is 0 Å². The predicted octanol–water partition coefficient (Wildman–Crippen LogP) is 3.16. The maximum Gasteiger partial charge on any atom is 0.197 e. The Morgan fingerprint density at radius 2 is 2.05 bits per heavy atom. The average molecular weight is 317 g/mol. The third-order valence-electron chi connectivity index (χ3n) is 3.96. The molecule has 0 spiro atoms. The molecule has 0 fully saturated rings. The zero-order chi connectivity index (χ0) is 14.4. The van der Waals surface area contributed by atoms with Crippen molar-refractivity contribution in [2.24, 2.45) is 7.05 Å². The Hall–Kier alpha value is -1.47. The van der Waals surface area contributed by atoms with Gasteiger partial charge in [-0.15, -0.1) is 21.5 Å². The third kappa shape index (κ3) is 2.15. The molecule has 0 saturated heterocycles. The highest BCUT2D eigenvalue weighted by Gasteiger charge is 2.21. The smallest absolute Gasteiger partial charge is 0.197 e. The van der Waals surface area contributed by atoms with Gasteiger partial charge in [-0.1, -0.05) is 0 Å². The second-order valence-corrected chi connectivity index (χ2v) is 7.30. The molecule has 7 heteroatoms. The number of fused-ring (bicyclic) bond motifs is 3. The minimum Gasteiger partial charge on any atom is -0.309 e. The number of hydrogen-bond acceptors (Lipinski definition) is 6. The van der Waals surface area contributed by atoms with Gasteiger partial charge in [0.1, 0.15) is 22.0 Å². The lowest BCUT2D eigenvalue weighted by Crippen LogP contribution is -1.99. The molecule has 0 bridgehead atoms. The first kappa shape index (κ1) is 13.2. The second-order valence-electron chi connectivity index (χ2n) is 5.26. The summed E-state index contributed by atoms with van der Waals surface area (Å²) >= 11 is 3.41. The summed E-state index contributed by atoms with van der Waals surface area (Å²) in [7, 11) is 1.99. The van der Waals surface area contributed by atoms with Crippen molar-refractivity contribution in [3.8, 4) is 0 Å². The van der Waals surface area contributed by atoms with Gasteiger partial charge < -0.3 is 4.57 Å². The molecule has 108 valence electrons. The van der Waals surface area contributed by atoms with Gasteiger partial charge in [0.2, 0.25) is 0 Å². The quantitative estimate of drug-likeness (QED) is 0.680. The summed E-state index contributed by atoms with van der Waals surface area (Å²) in [5.41, 5.74) is 1.46. The molecule has 1 aliphatic carbocycles. The van der Waals surface area contributed by atoms with Crippen LogP contribution in [0.25, 0.3) is 10.2 Å². The van der Waals surface area contributed by atoms with Gasteiger partial charge in [0.15, 0.2) is 5.16 Å². The van der Waals surface area contributed by atoms with Crippen molar-refractivity contribution in [3.05, 3.63) is 22.6 Å². The van der Waals surface area contributed by atoms with Crippen LogP contribution in [-0.4, -0.2) is 24.7 Å². The standard InChI is InChI=1S/C14H15N5S2/c1-8-17-18-14(19(8)2)21-13-11-9-5-3-4-6-10(9)20-12(11)15-7-16-13/h7H,3-6H2,1-2H3. The van der Waals surface area contributed by atoms with Crippen molar-refractivity contribution >= 4 is 33.3 Å². The van der Waals surface area contributed by atoms with E-state index >= 15 is 0 Å². The number of aromatic nitrogens is 5. The van der Waals surface area contributed by atoms with E-state index in [4.69, 9.17) is 0 Å². The molecule has 0 unspecified atom stereocenters. The van der Waals surface area contributed by atoms with E-state index in [0.29, 0.717) is 0 Å². The van der Waals surface area contributed by atoms with Crippen LogP contribution in [0.4, 0.5) is 0 Å². The van der Waals surface area contributed by atoms with Gasteiger partial charge in [-0.2, -0.15) is 0 Å². The summed E-state index contributed by atoms with van der Waals surface area (Å²) in [6, 6.07) is 0. The van der Waals surface area contributed by atoms with E-state index in [1.807, 2.05) is 29.9 Å². The molecule has 0 aliphatic heterocycles. The predicted molar refractivity (Wildman–Crippen MR) is 83.9 cm³/mol. The van der Waals surface area contributed by atoms with Crippen molar-refractivity contribution in [1.29, 1.82) is 0 Å². The van der Waals surface area contributed by atoms with E-state index in [1.165, 1.54) is 35.1 Å². The minimum atomic E-state index is 0.878. The molecular formula is C14H15N5S2. The van der Waals surface area contributed by atoms with E-state index in [-0.39, 0.29) is 0 Å². The van der Waals surface area contributed by atoms with Gasteiger partial charge in [-0.05, 0) is 49.9 Å². The van der Waals surface area contributed by atoms with Crippen LogP contribution >= 0.6 is 23.1 Å². The molecule has 3 heterocycles. The number of rotatable bonds is 2. The third-order valence-corrected chi connectivity index (χ3v) is 6.20. The summed E-state index contributed by atoms with van der Waals surface area (Å²) in [6.45, 7) is 1.96. The molecule has 0 amide bonds. The fourth-order valence-electron chi connectivity index (χ4n) is 2.70. The fraction of sp³-hybridized carbons (Fsp3) is 0.429. The van der Waals surface area contributed by atoms with E-state index in [2.05, 4.69) is 20.2 Å². The van der Waals surface area contributed by atoms with Gasteiger partial charge in [0, 0.05) is 17.3 Å². The fourth-order valence-corrected chi connectivity index (χ4v) is 4.94. The Morgan fingerprint density at radius 1 is 1.19 bits per heavy atom. The first-order valence-corrected chi connectivity index (χ1v) is 8.66. The first-order valence-electron chi connectivity index (χ1n) is 7.03. The molecule has 1 aliphatic rings. The maximum absolute atomic E-state index is 4.51. The Labute approximate surface area is 130 Å². The molecule has 0 atom stereocenters. The summed E-state index contributed by atoms with van der Waals surface area (Å²) in [6.07, 6.45) is 6.55. The molecule has 0 radical (unpaired) electrons. The summed E-state index contributed by atoms with van der Waals surface area (Å²) in [5, 5.41) is 11.5. The van der Waals surface area contributed by atoms with Crippen molar-refractivity contribution in [1.82, 2.24) is 24.7 Å². The molecule has 4 rings (SSSR count). The largest absolute Gasteiger partial charge is 0.309 e. The summed E-state index contributed by atoms with van der Waals surface area (Å²) in [5.74, 6) is 0.912. The topological polar surface area (TPSA) is 56.5 Å². The second kappa shape index (κ2) is 5.06. The zero-order valence-electron chi connectivity index (χ0n) is 12.0. The Kier molecular flexibility index (Phi) is 3.19. The molecular weight excluding hydrogens is 302 g/mol. The van der Waals surface area contributed by atoms with E-state index in [9.17, 15) is 0 Å². The van der Waals surface area contributed by atoms with E-state index in [0.717, 1.165) is 27.3 Å². The highest BCUT2D eigenvalue weighted by molar-refractivity contribution is 7.99. The monoisotopic (exact) mass is 317 g/mol. The molecule has 5 nitrogen and oxygen atoms in total. The Bertz CT molecular complexity index is 820. The molecule has 3 aromatic heterocycles. The molecule has 0 N–H and O–H groups in total. The normalized spacial score (nSPS) is 14.6. The highest BCUT2D eigenvalue weighted by atomic mass is 32.2. The van der Waals surface area contributed by atoms with Crippen LogP contribution in [0.3, 0.4) is 0 Å². The van der Waals surface area contributed by atoms with Gasteiger partial charge in [0.05, 0.1) is 0 Å². The minimum absolute atomic E-state index is 0.878. The number of thiophene rings is 1. The molecule has 21 heavy (non-hydrogen) atoms. The summed E-state index contributed by atoms with van der Waals surface area (Å²) in [4.78, 5) is 11.6. The number of hydrogen-bond donors (Lipinski definition) is 0. The number of nitrogens with zero attached hydrogens (tertiary/aromatic N) is 5. The van der Waals surface area contributed by atoms with Crippen LogP contribution in [0, 0.1) is 6.92 Å². The SMILES string of the molecule is Cc1nnc(Sc2ncnc3sc4c(c23)CCCC4)n1C. The lowest BCUT2D eigenvalue weighted by atomic mass is 9.97. The average Bonchev–Trinajstić information content (AvgIpc) is 3.03. The van der Waals surface area contributed by atoms with Crippen LogP contribution in [0.2, 0.25) is 0 Å². The lowest BCUT2D eigenvalue weighted by Gasteiger charge is -2.11. The van der Waals surface area contributed by atoms with Gasteiger partial charge in [-0.3, -0.25) is 0 Å². The summed E-state index contributed by atoms with van der Waals surface area (Å²) < 4.78 is 2.00. The van der Waals surface area contributed by atoms with Crippen molar-refractivity contribution in [2.75, 3.05) is 0 Å². The number of aryl methyl sites for hydroxylation is 3. The molecule has 3 aromatic rings. The first-order chi connectivity index (χ1) is 10.2. The van der Waals surface area contributed by atoms with Crippen molar-refractivity contribution in [2.45, 2.75) is 42.8 Å². The van der Waals surface area contributed by atoms with E-state index in [1.54, 1.807) is 18.1 Å². The van der Waals surface area contributed by atoms with Crippen LogP contribution in [0.1, 0.15) is 29.1 Å².